The number of aromatic amines is 1. The maximum Gasteiger partial charge on any atom is 0.417 e. The van der Waals surface area contributed by atoms with Crippen molar-refractivity contribution in [2.45, 2.75) is 19.0 Å². The number of fused-ring (bicyclic) bond motifs is 1. The fourth-order valence-electron chi connectivity index (χ4n) is 1.72. The van der Waals surface area contributed by atoms with Crippen molar-refractivity contribution in [3.8, 4) is 0 Å². The summed E-state index contributed by atoms with van der Waals surface area (Å²) in [5.41, 5.74) is 7.51. The number of hydrogen-bond donors (Lipinski definition) is 4. The van der Waals surface area contributed by atoms with E-state index in [1.165, 1.54) is 0 Å². The van der Waals surface area contributed by atoms with Gasteiger partial charge >= 0.3 is 11.7 Å². The first-order valence-corrected chi connectivity index (χ1v) is 5.87. The number of benzene rings is 1. The number of aliphatic carboxylic acids is 1. The van der Waals surface area contributed by atoms with Gasteiger partial charge in [0.1, 0.15) is 6.04 Å². The van der Waals surface area contributed by atoms with Crippen LogP contribution >= 0.6 is 0 Å². The molecule has 7 heteroatoms. The molecule has 1 unspecified atom stereocenters. The number of carbonyl (C=O) groups is 1. The summed E-state index contributed by atoms with van der Waals surface area (Å²) in [5, 5.41) is 11.7. The molecule has 0 saturated carbocycles. The highest BCUT2D eigenvalue weighted by Crippen LogP contribution is 2.11. The number of carboxylic acids is 1. The van der Waals surface area contributed by atoms with Gasteiger partial charge in [-0.2, -0.15) is 0 Å². The van der Waals surface area contributed by atoms with Gasteiger partial charge in [0.05, 0.1) is 5.52 Å². The van der Waals surface area contributed by atoms with E-state index in [-0.39, 0.29) is 0 Å². The largest absolute Gasteiger partial charge is 0.480 e. The van der Waals surface area contributed by atoms with E-state index in [0.29, 0.717) is 30.6 Å². The molecule has 0 saturated heterocycles. The predicted molar refractivity (Wildman–Crippen MR) is 68.8 cm³/mol. The Morgan fingerprint density at radius 1 is 1.53 bits per heavy atom. The number of aromatic nitrogens is 1. The third-order valence-electron chi connectivity index (χ3n) is 2.76. The zero-order valence-corrected chi connectivity index (χ0v) is 10.2. The Bertz CT molecular complexity index is 631. The highest BCUT2D eigenvalue weighted by Gasteiger charge is 2.10. The van der Waals surface area contributed by atoms with E-state index in [9.17, 15) is 9.59 Å². The van der Waals surface area contributed by atoms with Crippen LogP contribution in [0.15, 0.2) is 27.4 Å². The monoisotopic (exact) mass is 265 g/mol. The Morgan fingerprint density at radius 2 is 2.32 bits per heavy atom. The Hall–Kier alpha value is -2.12. The number of nitrogens with two attached hydrogens (primary N) is 1. The second kappa shape index (κ2) is 5.68. The van der Waals surface area contributed by atoms with Gasteiger partial charge in [-0.1, -0.05) is 6.07 Å². The van der Waals surface area contributed by atoms with Gasteiger partial charge in [0.15, 0.2) is 5.58 Å². The first kappa shape index (κ1) is 13.3. The lowest BCUT2D eigenvalue weighted by molar-refractivity contribution is -0.138. The van der Waals surface area contributed by atoms with Gasteiger partial charge in [0.2, 0.25) is 0 Å². The maximum atomic E-state index is 11.0. The molecule has 2 rings (SSSR count). The average molecular weight is 265 g/mol. The number of oxazole rings is 1. The predicted octanol–water partition coefficient (Wildman–Crippen LogP) is 0.0127. The number of H-pyrrole nitrogens is 1. The summed E-state index contributed by atoms with van der Waals surface area (Å²) < 4.78 is 4.89. The van der Waals surface area contributed by atoms with Gasteiger partial charge in [0, 0.05) is 6.54 Å². The number of carboxylic acid groups (broad SMARTS) is 1. The average Bonchev–Trinajstić information content (AvgIpc) is 2.73. The standard InChI is InChI=1S/C12H15N3O4/c13-8(11(16)17)3-4-14-6-7-1-2-10-9(5-7)15-12(18)19-10/h1-2,5,8,14H,3-4,6,13H2,(H,15,18)(H,16,17). The number of rotatable bonds is 6. The SMILES string of the molecule is NC(CCNCc1ccc2oc(=O)[nH]c2c1)C(=O)O. The van der Waals surface area contributed by atoms with Crippen molar-refractivity contribution >= 4 is 17.1 Å². The minimum atomic E-state index is -1.00. The van der Waals surface area contributed by atoms with Crippen molar-refractivity contribution < 1.29 is 14.3 Å². The van der Waals surface area contributed by atoms with Crippen LogP contribution in [-0.4, -0.2) is 28.6 Å². The second-order valence-electron chi connectivity index (χ2n) is 4.26. The summed E-state index contributed by atoms with van der Waals surface area (Å²) >= 11 is 0. The zero-order valence-electron chi connectivity index (χ0n) is 10.2. The molecule has 0 aliphatic carbocycles. The van der Waals surface area contributed by atoms with E-state index >= 15 is 0 Å². The molecule has 1 heterocycles. The van der Waals surface area contributed by atoms with E-state index < -0.39 is 17.8 Å². The molecule has 7 nitrogen and oxygen atoms in total. The molecular formula is C12H15N3O4. The quantitative estimate of drug-likeness (QED) is 0.546. The van der Waals surface area contributed by atoms with Crippen molar-refractivity contribution in [1.29, 1.82) is 0 Å². The van der Waals surface area contributed by atoms with Crippen LogP contribution in [0.2, 0.25) is 0 Å². The molecule has 5 N–H and O–H groups in total. The molecular weight excluding hydrogens is 250 g/mol. The molecule has 102 valence electrons. The summed E-state index contributed by atoms with van der Waals surface area (Å²) in [6, 6.07) is 4.51. The van der Waals surface area contributed by atoms with E-state index in [0.717, 1.165) is 5.56 Å². The Morgan fingerprint density at radius 3 is 3.05 bits per heavy atom. The topological polar surface area (TPSA) is 121 Å². The third kappa shape index (κ3) is 3.43. The van der Waals surface area contributed by atoms with E-state index in [2.05, 4.69) is 10.3 Å². The summed E-state index contributed by atoms with van der Waals surface area (Å²) in [5.74, 6) is -1.48. The van der Waals surface area contributed by atoms with Crippen molar-refractivity contribution in [1.82, 2.24) is 10.3 Å². The minimum Gasteiger partial charge on any atom is -0.480 e. The van der Waals surface area contributed by atoms with Crippen LogP contribution in [0.25, 0.3) is 11.1 Å². The number of hydrogen-bond acceptors (Lipinski definition) is 5. The summed E-state index contributed by atoms with van der Waals surface area (Å²) in [6.45, 7) is 1.07. The van der Waals surface area contributed by atoms with Crippen molar-refractivity contribution in [2.24, 2.45) is 5.73 Å². The molecule has 1 aromatic carbocycles. The summed E-state index contributed by atoms with van der Waals surface area (Å²) in [4.78, 5) is 24.1. The highest BCUT2D eigenvalue weighted by molar-refractivity contribution is 5.73. The van der Waals surface area contributed by atoms with Crippen LogP contribution < -0.4 is 16.8 Å². The van der Waals surface area contributed by atoms with Crippen molar-refractivity contribution in [2.75, 3.05) is 6.54 Å². The minimum absolute atomic E-state index is 0.361. The zero-order chi connectivity index (χ0) is 13.8. The van der Waals surface area contributed by atoms with Crippen LogP contribution in [0.5, 0.6) is 0 Å². The molecule has 2 aromatic rings. The molecule has 1 atom stereocenters. The van der Waals surface area contributed by atoms with Crippen molar-refractivity contribution in [3.05, 3.63) is 34.3 Å². The highest BCUT2D eigenvalue weighted by atomic mass is 16.4. The second-order valence-corrected chi connectivity index (χ2v) is 4.26. The smallest absolute Gasteiger partial charge is 0.417 e. The molecule has 0 radical (unpaired) electrons. The van der Waals surface area contributed by atoms with Gasteiger partial charge in [-0.05, 0) is 30.7 Å². The van der Waals surface area contributed by atoms with Gasteiger partial charge in [-0.25, -0.2) is 4.79 Å². The Labute approximate surface area is 108 Å². The van der Waals surface area contributed by atoms with Gasteiger partial charge < -0.3 is 20.6 Å². The lowest BCUT2D eigenvalue weighted by Gasteiger charge is -2.07. The van der Waals surface area contributed by atoms with Crippen LogP contribution in [0.3, 0.4) is 0 Å². The molecule has 0 aliphatic heterocycles. The van der Waals surface area contributed by atoms with E-state index in [1.54, 1.807) is 6.07 Å². The Balaban J connectivity index is 1.88. The fourth-order valence-corrected chi connectivity index (χ4v) is 1.72. The van der Waals surface area contributed by atoms with E-state index in [4.69, 9.17) is 15.3 Å². The lowest BCUT2D eigenvalue weighted by atomic mass is 10.2. The lowest BCUT2D eigenvalue weighted by Crippen LogP contribution is -2.33. The fraction of sp³-hybridized carbons (Fsp3) is 0.333. The summed E-state index contributed by atoms with van der Waals surface area (Å²) in [7, 11) is 0. The van der Waals surface area contributed by atoms with Crippen LogP contribution in [0.4, 0.5) is 0 Å². The van der Waals surface area contributed by atoms with E-state index in [1.807, 2.05) is 12.1 Å². The van der Waals surface area contributed by atoms with Gasteiger partial charge in [-0.15, -0.1) is 0 Å². The molecule has 0 bridgehead atoms. The normalized spacial score (nSPS) is 12.7. The molecule has 1 aromatic heterocycles. The number of nitrogens with one attached hydrogen (secondary N) is 2. The molecule has 0 aliphatic rings. The van der Waals surface area contributed by atoms with Gasteiger partial charge in [-0.3, -0.25) is 9.78 Å². The first-order valence-electron chi connectivity index (χ1n) is 5.87. The maximum absolute atomic E-state index is 11.0. The van der Waals surface area contributed by atoms with Crippen molar-refractivity contribution in [3.63, 3.8) is 0 Å². The molecule has 0 fully saturated rings. The Kier molecular flexibility index (Phi) is 3.98. The molecule has 0 spiro atoms. The molecule has 0 amide bonds. The summed E-state index contributed by atoms with van der Waals surface area (Å²) in [6.07, 6.45) is 0.361. The van der Waals surface area contributed by atoms with Crippen LogP contribution in [-0.2, 0) is 11.3 Å². The molecule has 19 heavy (non-hydrogen) atoms. The van der Waals surface area contributed by atoms with Crippen LogP contribution in [0, 0.1) is 0 Å². The van der Waals surface area contributed by atoms with Gasteiger partial charge in [0.25, 0.3) is 0 Å². The first-order chi connectivity index (χ1) is 9.06. The third-order valence-corrected chi connectivity index (χ3v) is 2.76. The van der Waals surface area contributed by atoms with Crippen LogP contribution in [0.1, 0.15) is 12.0 Å².